The van der Waals surface area contributed by atoms with Crippen LogP contribution in [0.1, 0.15) is 114 Å². The van der Waals surface area contributed by atoms with Crippen LogP contribution >= 0.6 is 0 Å². The van der Waals surface area contributed by atoms with E-state index in [1.807, 2.05) is 12.1 Å². The molecule has 0 fully saturated rings. The molecule has 0 radical (unpaired) electrons. The fourth-order valence-corrected chi connectivity index (χ4v) is 3.92. The lowest BCUT2D eigenvalue weighted by atomic mass is 9.99. The Morgan fingerprint density at radius 2 is 1.30 bits per heavy atom. The van der Waals surface area contributed by atoms with Gasteiger partial charge in [-0.2, -0.15) is 5.26 Å². The molecule has 33 heavy (non-hydrogen) atoms. The Hall–Kier alpha value is -2.35. The fourth-order valence-electron chi connectivity index (χ4n) is 3.92. The van der Waals surface area contributed by atoms with Gasteiger partial charge in [-0.1, -0.05) is 90.4 Å². The average Bonchev–Trinajstić information content (AvgIpc) is 2.82. The molecular formula is C28H44N2O3. The van der Waals surface area contributed by atoms with Crippen molar-refractivity contribution in [1.29, 1.82) is 5.26 Å². The first kappa shape index (κ1) is 28.7. The lowest BCUT2D eigenvalue weighted by Gasteiger charge is -2.09. The van der Waals surface area contributed by atoms with Crippen LogP contribution in [0.4, 0.5) is 5.69 Å². The van der Waals surface area contributed by atoms with Gasteiger partial charge in [-0.15, -0.1) is 0 Å². The van der Waals surface area contributed by atoms with Crippen LogP contribution in [0.3, 0.4) is 0 Å². The summed E-state index contributed by atoms with van der Waals surface area (Å²) < 4.78 is 4.80. The van der Waals surface area contributed by atoms with Gasteiger partial charge in [0.05, 0.1) is 12.7 Å². The predicted octanol–water partition coefficient (Wildman–Crippen LogP) is 7.47. The summed E-state index contributed by atoms with van der Waals surface area (Å²) in [5, 5.41) is 12.5. The van der Waals surface area contributed by atoms with E-state index in [4.69, 9.17) is 10.00 Å². The van der Waals surface area contributed by atoms with E-state index in [-0.39, 0.29) is 6.61 Å². The molecule has 1 atom stereocenters. The molecular weight excluding hydrogens is 412 g/mol. The summed E-state index contributed by atoms with van der Waals surface area (Å²) in [6.07, 6.45) is 18.9. The zero-order chi connectivity index (χ0) is 24.2. The number of nitrogens with zero attached hydrogens (tertiary/aromatic N) is 1. The summed E-state index contributed by atoms with van der Waals surface area (Å²) in [7, 11) is 0. The smallest absolute Gasteiger partial charge is 0.331 e. The number of carbonyl (C=O) groups excluding carboxylic acids is 2. The SMILES string of the molecule is CCCCCCCCCCCCCCCCNc1ccc(C(=O)C(C#N)C(=O)OCC)cc1. The summed E-state index contributed by atoms with van der Waals surface area (Å²) in [6.45, 7) is 4.96. The number of nitriles is 1. The van der Waals surface area contributed by atoms with Crippen molar-refractivity contribution in [3.63, 3.8) is 0 Å². The molecule has 0 aromatic heterocycles. The second kappa shape index (κ2) is 19.1. The van der Waals surface area contributed by atoms with E-state index in [2.05, 4.69) is 12.2 Å². The summed E-state index contributed by atoms with van der Waals surface area (Å²) in [6, 6.07) is 8.68. The van der Waals surface area contributed by atoms with E-state index in [1.54, 1.807) is 25.1 Å². The van der Waals surface area contributed by atoms with E-state index in [9.17, 15) is 9.59 Å². The number of ether oxygens (including phenoxy) is 1. The maximum atomic E-state index is 12.4. The van der Waals surface area contributed by atoms with Crippen LogP contribution < -0.4 is 5.32 Å². The number of nitrogens with one attached hydrogen (secondary N) is 1. The van der Waals surface area contributed by atoms with Crippen molar-refractivity contribution in [2.45, 2.75) is 104 Å². The third kappa shape index (κ3) is 13.1. The van der Waals surface area contributed by atoms with E-state index >= 15 is 0 Å². The Balaban J connectivity index is 2.08. The number of rotatable bonds is 20. The monoisotopic (exact) mass is 456 g/mol. The van der Waals surface area contributed by atoms with Gasteiger partial charge in [-0.3, -0.25) is 9.59 Å². The maximum absolute atomic E-state index is 12.4. The third-order valence-electron chi connectivity index (χ3n) is 5.94. The normalized spacial score (nSPS) is 11.5. The number of ketones is 1. The highest BCUT2D eigenvalue weighted by Crippen LogP contribution is 2.16. The summed E-state index contributed by atoms with van der Waals surface area (Å²) in [5.74, 6) is -2.71. The largest absolute Gasteiger partial charge is 0.465 e. The number of Topliss-reactive ketones (excluding diaryl/α,β-unsaturated/α-hetero) is 1. The van der Waals surface area contributed by atoms with Crippen LogP contribution in [0, 0.1) is 17.2 Å². The molecule has 0 heterocycles. The molecule has 0 saturated heterocycles. The summed E-state index contributed by atoms with van der Waals surface area (Å²) in [4.78, 5) is 24.1. The molecule has 0 aliphatic rings. The molecule has 0 saturated carbocycles. The molecule has 1 rings (SSSR count). The molecule has 5 heteroatoms. The quantitative estimate of drug-likeness (QED) is 0.0953. The van der Waals surface area contributed by atoms with Crippen LogP contribution in [0.2, 0.25) is 0 Å². The first-order chi connectivity index (χ1) is 16.1. The number of unbranched alkanes of at least 4 members (excludes halogenated alkanes) is 13. The number of carbonyl (C=O) groups is 2. The van der Waals surface area contributed by atoms with Crippen molar-refractivity contribution in [2.75, 3.05) is 18.5 Å². The molecule has 0 aliphatic carbocycles. The first-order valence-electron chi connectivity index (χ1n) is 13.1. The molecule has 1 aromatic rings. The van der Waals surface area contributed by atoms with E-state index in [1.165, 1.54) is 83.5 Å². The van der Waals surface area contributed by atoms with Gasteiger partial charge in [0.25, 0.3) is 0 Å². The Bertz CT molecular complexity index is 694. The van der Waals surface area contributed by atoms with Gasteiger partial charge in [0.1, 0.15) is 0 Å². The Labute approximate surface area is 201 Å². The van der Waals surface area contributed by atoms with Crippen LogP contribution in [0.25, 0.3) is 0 Å². The molecule has 0 spiro atoms. The lowest BCUT2D eigenvalue weighted by Crippen LogP contribution is -2.25. The van der Waals surface area contributed by atoms with Gasteiger partial charge in [0.2, 0.25) is 5.92 Å². The van der Waals surface area contributed by atoms with Crippen molar-refractivity contribution in [2.24, 2.45) is 5.92 Å². The standard InChI is InChI=1S/C28H44N2O3/c1-3-5-6-7-8-9-10-11-12-13-14-15-16-17-22-30-25-20-18-24(19-21-25)27(31)26(23-29)28(32)33-4-2/h18-21,26,30H,3-17,22H2,1-2H3. The minimum Gasteiger partial charge on any atom is -0.465 e. The number of benzene rings is 1. The fraction of sp³-hybridized carbons (Fsp3) is 0.679. The van der Waals surface area contributed by atoms with Crippen LogP contribution in [0.15, 0.2) is 24.3 Å². The Morgan fingerprint density at radius 1 is 0.818 bits per heavy atom. The Kier molecular flexibility index (Phi) is 16.6. The second-order valence-electron chi connectivity index (χ2n) is 8.78. The zero-order valence-corrected chi connectivity index (χ0v) is 20.9. The molecule has 1 unspecified atom stereocenters. The van der Waals surface area contributed by atoms with Crippen molar-refractivity contribution in [3.8, 4) is 6.07 Å². The molecule has 0 amide bonds. The zero-order valence-electron chi connectivity index (χ0n) is 20.9. The predicted molar refractivity (Wildman–Crippen MR) is 135 cm³/mol. The van der Waals surface area contributed by atoms with Crippen molar-refractivity contribution < 1.29 is 14.3 Å². The molecule has 5 nitrogen and oxygen atoms in total. The van der Waals surface area contributed by atoms with Crippen LogP contribution in [-0.2, 0) is 9.53 Å². The van der Waals surface area contributed by atoms with Gasteiger partial charge in [0, 0.05) is 17.8 Å². The minimum atomic E-state index is -1.40. The molecule has 184 valence electrons. The highest BCUT2D eigenvalue weighted by atomic mass is 16.5. The molecule has 1 N–H and O–H groups in total. The van der Waals surface area contributed by atoms with Gasteiger partial charge < -0.3 is 10.1 Å². The van der Waals surface area contributed by atoms with Crippen molar-refractivity contribution in [1.82, 2.24) is 0 Å². The van der Waals surface area contributed by atoms with Gasteiger partial charge in [-0.25, -0.2) is 0 Å². The average molecular weight is 457 g/mol. The van der Waals surface area contributed by atoms with Crippen LogP contribution in [0.5, 0.6) is 0 Å². The van der Waals surface area contributed by atoms with E-state index in [0.717, 1.165) is 18.7 Å². The number of esters is 1. The number of hydrogen-bond acceptors (Lipinski definition) is 5. The number of anilines is 1. The van der Waals surface area contributed by atoms with Crippen LogP contribution in [-0.4, -0.2) is 24.9 Å². The van der Waals surface area contributed by atoms with Gasteiger partial charge in [-0.05, 0) is 37.6 Å². The van der Waals surface area contributed by atoms with Gasteiger partial charge >= 0.3 is 5.97 Å². The number of hydrogen-bond donors (Lipinski definition) is 1. The topological polar surface area (TPSA) is 79.2 Å². The minimum absolute atomic E-state index is 0.145. The first-order valence-corrected chi connectivity index (χ1v) is 13.1. The summed E-state index contributed by atoms with van der Waals surface area (Å²) >= 11 is 0. The van der Waals surface area contributed by atoms with Crippen molar-refractivity contribution >= 4 is 17.4 Å². The van der Waals surface area contributed by atoms with E-state index in [0.29, 0.717) is 5.56 Å². The summed E-state index contributed by atoms with van der Waals surface area (Å²) in [5.41, 5.74) is 1.28. The highest BCUT2D eigenvalue weighted by Gasteiger charge is 2.28. The Morgan fingerprint density at radius 3 is 1.76 bits per heavy atom. The molecule has 0 bridgehead atoms. The maximum Gasteiger partial charge on any atom is 0.331 e. The third-order valence-corrected chi connectivity index (χ3v) is 5.94. The second-order valence-corrected chi connectivity index (χ2v) is 8.78. The van der Waals surface area contributed by atoms with E-state index < -0.39 is 17.7 Å². The lowest BCUT2D eigenvalue weighted by molar-refractivity contribution is -0.144. The molecule has 1 aromatic carbocycles. The highest BCUT2D eigenvalue weighted by molar-refractivity contribution is 6.10. The van der Waals surface area contributed by atoms with Crippen molar-refractivity contribution in [3.05, 3.63) is 29.8 Å². The van der Waals surface area contributed by atoms with Gasteiger partial charge in [0.15, 0.2) is 5.78 Å². The molecule has 0 aliphatic heterocycles.